The number of benzene rings is 1. The first kappa shape index (κ1) is 17.2. The van der Waals surface area contributed by atoms with Crippen LogP contribution in [0.15, 0.2) is 24.3 Å². The van der Waals surface area contributed by atoms with E-state index in [1.165, 1.54) is 43.2 Å². The van der Waals surface area contributed by atoms with E-state index in [0.717, 1.165) is 19.8 Å². The molecule has 20 heavy (non-hydrogen) atoms. The van der Waals surface area contributed by atoms with Crippen LogP contribution in [0.4, 0.5) is 0 Å². The Morgan fingerprint density at radius 3 is 2.55 bits per heavy atom. The molecule has 0 aliphatic heterocycles. The average molecular weight is 277 g/mol. The van der Waals surface area contributed by atoms with Gasteiger partial charge in [0.05, 0.1) is 6.61 Å². The van der Waals surface area contributed by atoms with Gasteiger partial charge in [-0.1, -0.05) is 70.7 Å². The van der Waals surface area contributed by atoms with E-state index < -0.39 is 0 Å². The highest BCUT2D eigenvalue weighted by Crippen LogP contribution is 2.08. The minimum absolute atomic E-state index is 0.526. The lowest BCUT2D eigenvalue weighted by molar-refractivity contribution is 0.116. The van der Waals surface area contributed by atoms with Gasteiger partial charge < -0.3 is 10.1 Å². The first-order valence-corrected chi connectivity index (χ1v) is 8.11. The number of hydrogen-bond donors (Lipinski definition) is 1. The zero-order chi connectivity index (χ0) is 14.6. The fraction of sp³-hybridized carbons (Fsp3) is 0.667. The van der Waals surface area contributed by atoms with Crippen LogP contribution in [-0.4, -0.2) is 12.6 Å². The van der Waals surface area contributed by atoms with Crippen molar-refractivity contribution in [1.29, 1.82) is 0 Å². The molecule has 0 unspecified atom stereocenters. The van der Waals surface area contributed by atoms with Crippen LogP contribution in [0.5, 0.6) is 0 Å². The van der Waals surface area contributed by atoms with E-state index >= 15 is 0 Å². The molecule has 0 bridgehead atoms. The summed E-state index contributed by atoms with van der Waals surface area (Å²) in [6.45, 7) is 9.15. The molecule has 114 valence electrons. The van der Waals surface area contributed by atoms with Crippen molar-refractivity contribution >= 4 is 0 Å². The maximum absolute atomic E-state index is 5.76. The molecule has 0 aliphatic carbocycles. The Labute approximate surface area is 124 Å². The molecule has 1 aromatic rings. The van der Waals surface area contributed by atoms with E-state index in [4.69, 9.17) is 4.74 Å². The van der Waals surface area contributed by atoms with Gasteiger partial charge in [0, 0.05) is 19.2 Å². The third-order valence-corrected chi connectivity index (χ3v) is 3.37. The molecule has 0 aromatic heterocycles. The third kappa shape index (κ3) is 8.34. The third-order valence-electron chi connectivity index (χ3n) is 3.37. The highest BCUT2D eigenvalue weighted by Gasteiger charge is 1.98. The highest BCUT2D eigenvalue weighted by atomic mass is 16.5. The maximum Gasteiger partial charge on any atom is 0.0716 e. The number of hydrogen-bond acceptors (Lipinski definition) is 2. The van der Waals surface area contributed by atoms with Gasteiger partial charge >= 0.3 is 0 Å². The van der Waals surface area contributed by atoms with Gasteiger partial charge in [-0.3, -0.25) is 0 Å². The zero-order valence-electron chi connectivity index (χ0n) is 13.5. The summed E-state index contributed by atoms with van der Waals surface area (Å²) in [6.07, 6.45) is 6.49. The van der Waals surface area contributed by atoms with Gasteiger partial charge in [0.15, 0.2) is 0 Å². The molecule has 0 atom stereocenters. The molecule has 1 N–H and O–H groups in total. The fourth-order valence-corrected chi connectivity index (χ4v) is 2.15. The molecule has 1 aromatic carbocycles. The molecule has 0 aliphatic rings. The molecule has 0 amide bonds. The van der Waals surface area contributed by atoms with Gasteiger partial charge in [0.1, 0.15) is 0 Å². The summed E-state index contributed by atoms with van der Waals surface area (Å²) in [5.74, 6) is 0. The first-order valence-electron chi connectivity index (χ1n) is 8.11. The van der Waals surface area contributed by atoms with Crippen molar-refractivity contribution in [2.75, 3.05) is 6.61 Å². The lowest BCUT2D eigenvalue weighted by Gasteiger charge is -2.10. The minimum atomic E-state index is 0.526. The smallest absolute Gasteiger partial charge is 0.0716 e. The Balaban J connectivity index is 2.18. The van der Waals surface area contributed by atoms with Crippen LogP contribution in [-0.2, 0) is 17.9 Å². The molecular formula is C18H31NO. The average Bonchev–Trinajstić information content (AvgIpc) is 2.45. The van der Waals surface area contributed by atoms with Crippen molar-refractivity contribution in [3.63, 3.8) is 0 Å². The molecule has 0 heterocycles. The van der Waals surface area contributed by atoms with Crippen LogP contribution < -0.4 is 5.32 Å². The molecule has 2 heteroatoms. The highest BCUT2D eigenvalue weighted by molar-refractivity contribution is 5.22. The Kier molecular flexibility index (Phi) is 9.35. The summed E-state index contributed by atoms with van der Waals surface area (Å²) in [5, 5.41) is 3.44. The van der Waals surface area contributed by atoms with E-state index in [1.54, 1.807) is 0 Å². The predicted molar refractivity (Wildman–Crippen MR) is 86.8 cm³/mol. The molecular weight excluding hydrogens is 246 g/mol. The van der Waals surface area contributed by atoms with Crippen LogP contribution in [0.25, 0.3) is 0 Å². The lowest BCUT2D eigenvalue weighted by atomic mass is 10.1. The van der Waals surface area contributed by atoms with Crippen molar-refractivity contribution in [2.24, 2.45) is 0 Å². The number of unbranched alkanes of at least 4 members (excludes halogenated alkanes) is 4. The maximum atomic E-state index is 5.76. The van der Waals surface area contributed by atoms with Crippen LogP contribution >= 0.6 is 0 Å². The molecule has 0 saturated heterocycles. The van der Waals surface area contributed by atoms with Crippen molar-refractivity contribution in [3.8, 4) is 0 Å². The SMILES string of the molecule is CCCCCCCOCc1cccc(CNC(C)C)c1. The molecule has 0 spiro atoms. The fourth-order valence-electron chi connectivity index (χ4n) is 2.15. The van der Waals surface area contributed by atoms with Gasteiger partial charge in [-0.05, 0) is 17.5 Å². The topological polar surface area (TPSA) is 21.3 Å². The quantitative estimate of drug-likeness (QED) is 0.593. The number of nitrogens with one attached hydrogen (secondary N) is 1. The van der Waals surface area contributed by atoms with Gasteiger partial charge in [0.2, 0.25) is 0 Å². The second kappa shape index (κ2) is 10.9. The Bertz CT molecular complexity index is 349. The molecule has 1 rings (SSSR count). The van der Waals surface area contributed by atoms with E-state index in [-0.39, 0.29) is 0 Å². The Morgan fingerprint density at radius 1 is 1.05 bits per heavy atom. The molecule has 0 saturated carbocycles. The van der Waals surface area contributed by atoms with Crippen LogP contribution in [0, 0.1) is 0 Å². The number of ether oxygens (including phenoxy) is 1. The van der Waals surface area contributed by atoms with Crippen LogP contribution in [0.2, 0.25) is 0 Å². The molecule has 0 fully saturated rings. The van der Waals surface area contributed by atoms with Crippen molar-refractivity contribution in [1.82, 2.24) is 5.32 Å². The van der Waals surface area contributed by atoms with E-state index in [1.807, 2.05) is 0 Å². The summed E-state index contributed by atoms with van der Waals surface area (Å²) in [6, 6.07) is 9.21. The summed E-state index contributed by atoms with van der Waals surface area (Å²) in [5.41, 5.74) is 2.62. The second-order valence-corrected chi connectivity index (χ2v) is 5.82. The van der Waals surface area contributed by atoms with Crippen LogP contribution in [0.3, 0.4) is 0 Å². The standard InChI is InChI=1S/C18H31NO/c1-4-5-6-7-8-12-20-15-18-11-9-10-17(13-18)14-19-16(2)3/h9-11,13,16,19H,4-8,12,14-15H2,1-3H3. The van der Waals surface area contributed by atoms with Gasteiger partial charge in [0.25, 0.3) is 0 Å². The normalized spacial score (nSPS) is 11.2. The van der Waals surface area contributed by atoms with E-state index in [2.05, 4.69) is 50.4 Å². The summed E-state index contributed by atoms with van der Waals surface area (Å²) in [4.78, 5) is 0. The Morgan fingerprint density at radius 2 is 1.80 bits per heavy atom. The van der Waals surface area contributed by atoms with Crippen molar-refractivity contribution < 1.29 is 4.74 Å². The van der Waals surface area contributed by atoms with Crippen LogP contribution in [0.1, 0.15) is 64.0 Å². The largest absolute Gasteiger partial charge is 0.377 e. The van der Waals surface area contributed by atoms with Crippen molar-refractivity contribution in [2.45, 2.75) is 72.1 Å². The van der Waals surface area contributed by atoms with Gasteiger partial charge in [-0.25, -0.2) is 0 Å². The second-order valence-electron chi connectivity index (χ2n) is 5.82. The summed E-state index contributed by atoms with van der Waals surface area (Å²) >= 11 is 0. The minimum Gasteiger partial charge on any atom is -0.377 e. The zero-order valence-corrected chi connectivity index (χ0v) is 13.5. The predicted octanol–water partition coefficient (Wildman–Crippen LogP) is 4.67. The van der Waals surface area contributed by atoms with Crippen molar-refractivity contribution in [3.05, 3.63) is 35.4 Å². The van der Waals surface area contributed by atoms with Gasteiger partial charge in [-0.2, -0.15) is 0 Å². The number of rotatable bonds is 11. The lowest BCUT2D eigenvalue weighted by Crippen LogP contribution is -2.21. The van der Waals surface area contributed by atoms with E-state index in [9.17, 15) is 0 Å². The van der Waals surface area contributed by atoms with E-state index in [0.29, 0.717) is 6.04 Å². The monoisotopic (exact) mass is 277 g/mol. The van der Waals surface area contributed by atoms with Gasteiger partial charge in [-0.15, -0.1) is 0 Å². The summed E-state index contributed by atoms with van der Waals surface area (Å²) < 4.78 is 5.76. The Hall–Kier alpha value is -0.860. The molecule has 2 nitrogen and oxygen atoms in total. The molecule has 0 radical (unpaired) electrons. The summed E-state index contributed by atoms with van der Waals surface area (Å²) in [7, 11) is 0. The first-order chi connectivity index (χ1) is 9.72.